The first-order chi connectivity index (χ1) is 9.67. The fourth-order valence-corrected chi connectivity index (χ4v) is 2.37. The molecule has 2 rings (SSSR count). The summed E-state index contributed by atoms with van der Waals surface area (Å²) in [5, 5.41) is 0. The van der Waals surface area contributed by atoms with Crippen LogP contribution in [0.1, 0.15) is 11.1 Å². The van der Waals surface area contributed by atoms with E-state index in [9.17, 15) is 4.39 Å². The lowest BCUT2D eigenvalue weighted by molar-refractivity contribution is 0.291. The van der Waals surface area contributed by atoms with Gasteiger partial charge in [-0.1, -0.05) is 24.3 Å². The minimum atomic E-state index is -0.406. The molecule has 2 aromatic carbocycles. The van der Waals surface area contributed by atoms with E-state index in [1.807, 2.05) is 18.2 Å². The Bertz CT molecular complexity index is 604. The van der Waals surface area contributed by atoms with Crippen molar-refractivity contribution in [1.29, 1.82) is 0 Å². The molecular formula is C15H15BrFNO2. The molecule has 0 bridgehead atoms. The van der Waals surface area contributed by atoms with Gasteiger partial charge in [0.05, 0.1) is 11.6 Å². The fourth-order valence-electron chi connectivity index (χ4n) is 1.85. The van der Waals surface area contributed by atoms with E-state index >= 15 is 0 Å². The third kappa shape index (κ3) is 3.11. The molecule has 0 unspecified atom stereocenters. The lowest BCUT2D eigenvalue weighted by Crippen LogP contribution is -2.05. The number of hydrogen-bond acceptors (Lipinski definition) is 3. The number of nitrogens with two attached hydrogens (primary N) is 1. The molecule has 2 N–H and O–H groups in total. The minimum absolute atomic E-state index is 0.110. The highest BCUT2D eigenvalue weighted by Gasteiger charge is 2.11. The van der Waals surface area contributed by atoms with Crippen molar-refractivity contribution in [2.45, 2.75) is 13.2 Å². The van der Waals surface area contributed by atoms with Crippen LogP contribution in [0.5, 0.6) is 11.5 Å². The van der Waals surface area contributed by atoms with Crippen LogP contribution in [0.15, 0.2) is 40.9 Å². The number of methoxy groups -OCH3 is 1. The number of halogens is 2. The zero-order chi connectivity index (χ0) is 14.5. The van der Waals surface area contributed by atoms with Gasteiger partial charge in [-0.15, -0.1) is 0 Å². The van der Waals surface area contributed by atoms with Gasteiger partial charge in [0.25, 0.3) is 0 Å². The molecule has 0 heterocycles. The van der Waals surface area contributed by atoms with Crippen molar-refractivity contribution in [2.75, 3.05) is 7.11 Å². The first-order valence-corrected chi connectivity index (χ1v) is 6.88. The summed E-state index contributed by atoms with van der Waals surface area (Å²) in [6.45, 7) is 0.466. The Kier molecular flexibility index (Phi) is 4.98. The molecule has 0 aliphatic carbocycles. The van der Waals surface area contributed by atoms with Gasteiger partial charge in [0.1, 0.15) is 12.4 Å². The first kappa shape index (κ1) is 14.8. The van der Waals surface area contributed by atoms with Gasteiger partial charge in [0, 0.05) is 17.7 Å². The van der Waals surface area contributed by atoms with Crippen molar-refractivity contribution < 1.29 is 13.9 Å². The Morgan fingerprint density at radius 1 is 1.15 bits per heavy atom. The average Bonchev–Trinajstić information content (AvgIpc) is 2.47. The molecule has 0 aliphatic heterocycles. The molecule has 0 spiro atoms. The molecule has 106 valence electrons. The van der Waals surface area contributed by atoms with Gasteiger partial charge >= 0.3 is 0 Å². The predicted octanol–water partition coefficient (Wildman–Crippen LogP) is 3.63. The van der Waals surface area contributed by atoms with Crippen LogP contribution in [0, 0.1) is 5.82 Å². The maximum absolute atomic E-state index is 14.0. The van der Waals surface area contributed by atoms with Crippen molar-refractivity contribution in [3.05, 3.63) is 57.8 Å². The van der Waals surface area contributed by atoms with E-state index < -0.39 is 5.82 Å². The molecule has 0 amide bonds. The monoisotopic (exact) mass is 339 g/mol. The Labute approximate surface area is 125 Å². The second kappa shape index (κ2) is 6.72. The Morgan fingerprint density at radius 2 is 1.85 bits per heavy atom. The molecule has 0 aliphatic rings. The van der Waals surface area contributed by atoms with E-state index in [1.165, 1.54) is 7.11 Å². The average molecular weight is 340 g/mol. The van der Waals surface area contributed by atoms with Crippen LogP contribution in [-0.4, -0.2) is 7.11 Å². The molecule has 2 aromatic rings. The van der Waals surface area contributed by atoms with Gasteiger partial charge in [-0.2, -0.15) is 0 Å². The van der Waals surface area contributed by atoms with Crippen LogP contribution in [0.4, 0.5) is 4.39 Å². The third-order valence-corrected chi connectivity index (χ3v) is 3.53. The van der Waals surface area contributed by atoms with Crippen molar-refractivity contribution in [3.63, 3.8) is 0 Å². The van der Waals surface area contributed by atoms with Crippen molar-refractivity contribution in [1.82, 2.24) is 0 Å². The van der Waals surface area contributed by atoms with Crippen LogP contribution in [0.25, 0.3) is 0 Å². The second-order valence-corrected chi connectivity index (χ2v) is 5.01. The molecule has 0 aromatic heterocycles. The van der Waals surface area contributed by atoms with Crippen molar-refractivity contribution >= 4 is 15.9 Å². The van der Waals surface area contributed by atoms with Gasteiger partial charge in [0.2, 0.25) is 0 Å². The summed E-state index contributed by atoms with van der Waals surface area (Å²) in [7, 11) is 1.43. The highest BCUT2D eigenvalue weighted by molar-refractivity contribution is 9.10. The molecule has 5 heteroatoms. The van der Waals surface area contributed by atoms with Crippen LogP contribution < -0.4 is 15.2 Å². The molecule has 0 radical (unpaired) electrons. The van der Waals surface area contributed by atoms with E-state index in [0.29, 0.717) is 17.9 Å². The zero-order valence-electron chi connectivity index (χ0n) is 11.0. The van der Waals surface area contributed by atoms with Gasteiger partial charge < -0.3 is 15.2 Å². The molecule has 3 nitrogen and oxygen atoms in total. The van der Waals surface area contributed by atoms with E-state index in [0.717, 1.165) is 10.0 Å². The summed E-state index contributed by atoms with van der Waals surface area (Å²) in [5.41, 5.74) is 6.97. The summed E-state index contributed by atoms with van der Waals surface area (Å²) < 4.78 is 25.5. The largest absolute Gasteiger partial charge is 0.494 e. The van der Waals surface area contributed by atoms with Gasteiger partial charge in [-0.3, -0.25) is 0 Å². The maximum Gasteiger partial charge on any atom is 0.171 e. The summed E-state index contributed by atoms with van der Waals surface area (Å²) >= 11 is 3.41. The second-order valence-electron chi connectivity index (χ2n) is 4.15. The normalized spacial score (nSPS) is 10.4. The quantitative estimate of drug-likeness (QED) is 0.904. The summed E-state index contributed by atoms with van der Waals surface area (Å²) in [6.07, 6.45) is 0. The maximum atomic E-state index is 14.0. The number of benzene rings is 2. The highest BCUT2D eigenvalue weighted by Crippen LogP contribution is 2.30. The van der Waals surface area contributed by atoms with Crippen LogP contribution in [0.3, 0.4) is 0 Å². The van der Waals surface area contributed by atoms with Crippen LogP contribution in [0.2, 0.25) is 0 Å². The molecule has 20 heavy (non-hydrogen) atoms. The van der Waals surface area contributed by atoms with Crippen LogP contribution >= 0.6 is 15.9 Å². The van der Waals surface area contributed by atoms with E-state index in [1.54, 1.807) is 18.2 Å². The minimum Gasteiger partial charge on any atom is -0.494 e. The fraction of sp³-hybridized carbons (Fsp3) is 0.200. The number of ether oxygens (including phenoxy) is 2. The SMILES string of the molecule is COc1cccc(COc2c(Br)cccc2CN)c1F. The number of rotatable bonds is 5. The van der Waals surface area contributed by atoms with Crippen molar-refractivity contribution in [3.8, 4) is 11.5 Å². The zero-order valence-corrected chi connectivity index (χ0v) is 12.6. The highest BCUT2D eigenvalue weighted by atomic mass is 79.9. The molecule has 0 atom stereocenters. The summed E-state index contributed by atoms with van der Waals surface area (Å²) in [6, 6.07) is 10.6. The van der Waals surface area contributed by atoms with Gasteiger partial charge in [-0.25, -0.2) is 4.39 Å². The van der Waals surface area contributed by atoms with E-state index in [4.69, 9.17) is 15.2 Å². The summed E-state index contributed by atoms with van der Waals surface area (Å²) in [4.78, 5) is 0. The number of hydrogen-bond donors (Lipinski definition) is 1. The Morgan fingerprint density at radius 3 is 2.55 bits per heavy atom. The van der Waals surface area contributed by atoms with Crippen LogP contribution in [-0.2, 0) is 13.2 Å². The Balaban J connectivity index is 2.21. The van der Waals surface area contributed by atoms with E-state index in [2.05, 4.69) is 15.9 Å². The summed E-state index contributed by atoms with van der Waals surface area (Å²) in [5.74, 6) is 0.436. The topological polar surface area (TPSA) is 44.5 Å². The lowest BCUT2D eigenvalue weighted by atomic mass is 10.2. The Hall–Kier alpha value is -1.59. The van der Waals surface area contributed by atoms with Crippen molar-refractivity contribution in [2.24, 2.45) is 5.73 Å². The molecule has 0 saturated carbocycles. The molecule has 0 fully saturated rings. The first-order valence-electron chi connectivity index (χ1n) is 6.09. The molecular weight excluding hydrogens is 325 g/mol. The van der Waals surface area contributed by atoms with Gasteiger partial charge in [0.15, 0.2) is 11.6 Å². The number of para-hydroxylation sites is 1. The predicted molar refractivity (Wildman–Crippen MR) is 79.3 cm³/mol. The lowest BCUT2D eigenvalue weighted by Gasteiger charge is -2.13. The van der Waals surface area contributed by atoms with E-state index in [-0.39, 0.29) is 12.4 Å². The standard InChI is InChI=1S/C15H15BrFNO2/c1-19-13-7-3-5-11(14(13)17)9-20-15-10(8-18)4-2-6-12(15)16/h2-7H,8-9,18H2,1H3. The smallest absolute Gasteiger partial charge is 0.171 e. The molecule has 0 saturated heterocycles. The third-order valence-electron chi connectivity index (χ3n) is 2.90. The van der Waals surface area contributed by atoms with Gasteiger partial charge in [-0.05, 0) is 28.1 Å².